The normalized spacial score (nSPS) is 33.3. The molecule has 0 bridgehead atoms. The summed E-state index contributed by atoms with van der Waals surface area (Å²) in [4.78, 5) is 15.3. The number of anilines is 1. The van der Waals surface area contributed by atoms with Crippen LogP contribution in [0.3, 0.4) is 0 Å². The van der Waals surface area contributed by atoms with E-state index in [-0.39, 0.29) is 5.82 Å². The lowest BCUT2D eigenvalue weighted by Crippen LogP contribution is -2.45. The van der Waals surface area contributed by atoms with E-state index >= 15 is 4.39 Å². The van der Waals surface area contributed by atoms with Crippen LogP contribution in [-0.4, -0.2) is 43.7 Å². The van der Waals surface area contributed by atoms with Crippen LogP contribution in [-0.2, 0) is 4.74 Å². The van der Waals surface area contributed by atoms with Crippen LogP contribution in [0.15, 0.2) is 17.1 Å². The van der Waals surface area contributed by atoms with Gasteiger partial charge in [0.1, 0.15) is 18.0 Å². The number of nitrogens with zero attached hydrogens (tertiary/aromatic N) is 2. The average Bonchev–Trinajstić information content (AvgIpc) is 2.64. The minimum atomic E-state index is -2.54. The largest absolute Gasteiger partial charge is 0.391 e. The van der Waals surface area contributed by atoms with Gasteiger partial charge in [-0.1, -0.05) is 5.92 Å². The Morgan fingerprint density at radius 3 is 2.86 bits per heavy atom. The van der Waals surface area contributed by atoms with Crippen molar-refractivity contribution in [2.24, 2.45) is 0 Å². The number of aliphatic hydroxyl groups excluding tert-OH is 2. The van der Waals surface area contributed by atoms with E-state index in [0.717, 1.165) is 4.57 Å². The molecule has 1 fully saturated rings. The Labute approximate surface area is 120 Å². The van der Waals surface area contributed by atoms with Crippen LogP contribution in [0, 0.1) is 11.8 Å². The monoisotopic (exact) mass is 297 g/mol. The van der Waals surface area contributed by atoms with Crippen LogP contribution < -0.4 is 11.4 Å². The lowest BCUT2D eigenvalue weighted by atomic mass is 9.94. The number of nitrogen functional groups attached to an aromatic ring is 1. The second-order valence-electron chi connectivity index (χ2n) is 4.82. The van der Waals surface area contributed by atoms with Crippen molar-refractivity contribution in [2.45, 2.75) is 44.1 Å². The van der Waals surface area contributed by atoms with Gasteiger partial charge >= 0.3 is 5.69 Å². The van der Waals surface area contributed by atoms with Crippen molar-refractivity contribution in [2.75, 3.05) is 5.73 Å². The summed E-state index contributed by atoms with van der Waals surface area (Å²) in [6.07, 6.45) is -4.39. The molecule has 0 radical (unpaired) electrons. The van der Waals surface area contributed by atoms with Crippen LogP contribution >= 0.6 is 0 Å². The molecule has 0 aliphatic carbocycles. The van der Waals surface area contributed by atoms with E-state index in [1.54, 1.807) is 0 Å². The third-order valence-corrected chi connectivity index (χ3v) is 3.28. The quantitative estimate of drug-likeness (QED) is 0.616. The van der Waals surface area contributed by atoms with Crippen molar-refractivity contribution in [1.29, 1.82) is 0 Å². The molecule has 1 aromatic heterocycles. The third-order valence-electron chi connectivity index (χ3n) is 3.28. The van der Waals surface area contributed by atoms with E-state index in [1.165, 1.54) is 26.1 Å². The standard InChI is InChI=1S/C13H16FN3O4/c1-3-5-13(14)10(19)9(7(2)18)21-11(13)17-6-4-8(15)16-12(17)20/h4,6-7,9-11,18-19H,1-2H3,(H2,15,16,20)/t7-,9-,10?,11-,13-/m1/s1. The van der Waals surface area contributed by atoms with Gasteiger partial charge in [0.2, 0.25) is 5.67 Å². The lowest BCUT2D eigenvalue weighted by Gasteiger charge is -2.24. The van der Waals surface area contributed by atoms with Gasteiger partial charge in [-0.3, -0.25) is 4.57 Å². The van der Waals surface area contributed by atoms with Crippen LogP contribution in [0.2, 0.25) is 0 Å². The molecule has 1 aliphatic rings. The summed E-state index contributed by atoms with van der Waals surface area (Å²) in [6, 6.07) is 1.30. The Morgan fingerprint density at radius 1 is 1.67 bits per heavy atom. The van der Waals surface area contributed by atoms with Crippen molar-refractivity contribution in [3.63, 3.8) is 0 Å². The maximum Gasteiger partial charge on any atom is 0.351 e. The Bertz CT molecular complexity index is 651. The predicted octanol–water partition coefficient (Wildman–Crippen LogP) is -0.804. The molecule has 4 N–H and O–H groups in total. The van der Waals surface area contributed by atoms with Crippen LogP contribution in [0.25, 0.3) is 0 Å². The summed E-state index contributed by atoms with van der Waals surface area (Å²) >= 11 is 0. The molecule has 1 unspecified atom stereocenters. The molecule has 8 heteroatoms. The topological polar surface area (TPSA) is 111 Å². The summed E-state index contributed by atoms with van der Waals surface area (Å²) in [7, 11) is 0. The first-order valence-corrected chi connectivity index (χ1v) is 6.30. The smallest absolute Gasteiger partial charge is 0.351 e. The van der Waals surface area contributed by atoms with Gasteiger partial charge in [-0.25, -0.2) is 9.18 Å². The number of ether oxygens (including phenoxy) is 1. The van der Waals surface area contributed by atoms with Gasteiger partial charge in [0.15, 0.2) is 6.23 Å². The molecule has 0 amide bonds. The number of hydrogen-bond donors (Lipinski definition) is 3. The number of aromatic nitrogens is 2. The molecular weight excluding hydrogens is 281 g/mol. The minimum Gasteiger partial charge on any atom is -0.391 e. The molecule has 0 spiro atoms. The fraction of sp³-hybridized carbons (Fsp3) is 0.538. The molecule has 1 aromatic rings. The van der Waals surface area contributed by atoms with Gasteiger partial charge < -0.3 is 20.7 Å². The summed E-state index contributed by atoms with van der Waals surface area (Å²) in [5, 5.41) is 19.6. The second-order valence-corrected chi connectivity index (χ2v) is 4.82. The van der Waals surface area contributed by atoms with Crippen LogP contribution in [0.4, 0.5) is 10.2 Å². The maximum atomic E-state index is 15.1. The minimum absolute atomic E-state index is 0.0205. The SMILES string of the molecule is CC#C[C@@]1(F)C(O)[C@@H]([C@@H](C)O)O[C@H]1n1ccc(N)nc1=O. The average molecular weight is 297 g/mol. The molecule has 1 aliphatic heterocycles. The highest BCUT2D eigenvalue weighted by atomic mass is 19.1. The Morgan fingerprint density at radius 2 is 2.33 bits per heavy atom. The zero-order chi connectivity index (χ0) is 15.8. The first-order chi connectivity index (χ1) is 9.81. The number of halogens is 1. The molecule has 0 aromatic carbocycles. The first kappa shape index (κ1) is 15.4. The van der Waals surface area contributed by atoms with E-state index in [2.05, 4.69) is 16.8 Å². The highest BCUT2D eigenvalue weighted by molar-refractivity contribution is 5.26. The number of rotatable bonds is 2. The molecule has 0 saturated carbocycles. The van der Waals surface area contributed by atoms with Gasteiger partial charge in [0.25, 0.3) is 0 Å². The van der Waals surface area contributed by atoms with Crippen LogP contribution in [0.5, 0.6) is 0 Å². The van der Waals surface area contributed by atoms with Gasteiger partial charge in [0.05, 0.1) is 6.10 Å². The van der Waals surface area contributed by atoms with Crippen molar-refractivity contribution in [3.8, 4) is 11.8 Å². The van der Waals surface area contributed by atoms with E-state index in [4.69, 9.17) is 10.5 Å². The van der Waals surface area contributed by atoms with Crippen molar-refractivity contribution >= 4 is 5.82 Å². The molecular formula is C13H16FN3O4. The van der Waals surface area contributed by atoms with E-state index in [9.17, 15) is 15.0 Å². The van der Waals surface area contributed by atoms with E-state index < -0.39 is 35.9 Å². The molecule has 21 heavy (non-hydrogen) atoms. The summed E-state index contributed by atoms with van der Waals surface area (Å²) in [5.74, 6) is 4.57. The molecule has 5 atom stereocenters. The summed E-state index contributed by atoms with van der Waals surface area (Å²) in [5.41, 5.74) is 2.00. The first-order valence-electron chi connectivity index (χ1n) is 6.30. The fourth-order valence-corrected chi connectivity index (χ4v) is 2.28. The fourth-order valence-electron chi connectivity index (χ4n) is 2.28. The number of alkyl halides is 1. The summed E-state index contributed by atoms with van der Waals surface area (Å²) < 4.78 is 21.2. The summed E-state index contributed by atoms with van der Waals surface area (Å²) in [6.45, 7) is 2.74. The highest BCUT2D eigenvalue weighted by Gasteiger charge is 2.59. The van der Waals surface area contributed by atoms with Gasteiger partial charge in [-0.2, -0.15) is 4.98 Å². The van der Waals surface area contributed by atoms with Gasteiger partial charge in [0, 0.05) is 6.20 Å². The van der Waals surface area contributed by atoms with Crippen molar-refractivity contribution in [3.05, 3.63) is 22.7 Å². The van der Waals surface area contributed by atoms with Crippen LogP contribution in [0.1, 0.15) is 20.1 Å². The Balaban J connectivity index is 2.54. The second kappa shape index (κ2) is 5.44. The zero-order valence-electron chi connectivity index (χ0n) is 11.5. The number of hydrogen-bond acceptors (Lipinski definition) is 6. The molecule has 7 nitrogen and oxygen atoms in total. The predicted molar refractivity (Wildman–Crippen MR) is 71.8 cm³/mol. The molecule has 114 valence electrons. The third kappa shape index (κ3) is 2.51. The Hall–Kier alpha value is -1.95. The molecule has 1 saturated heterocycles. The molecule has 2 heterocycles. The highest BCUT2D eigenvalue weighted by Crippen LogP contribution is 2.41. The van der Waals surface area contributed by atoms with E-state index in [1.807, 2.05) is 0 Å². The zero-order valence-corrected chi connectivity index (χ0v) is 11.5. The number of nitrogens with two attached hydrogens (primary N) is 1. The Kier molecular flexibility index (Phi) is 4.00. The van der Waals surface area contributed by atoms with Gasteiger partial charge in [-0.05, 0) is 19.9 Å². The molecule has 2 rings (SSSR count). The lowest BCUT2D eigenvalue weighted by molar-refractivity contribution is -0.0802. The van der Waals surface area contributed by atoms with Crippen molar-refractivity contribution < 1.29 is 19.3 Å². The number of aliphatic hydroxyl groups is 2. The van der Waals surface area contributed by atoms with Crippen molar-refractivity contribution in [1.82, 2.24) is 9.55 Å². The maximum absolute atomic E-state index is 15.1. The van der Waals surface area contributed by atoms with E-state index in [0.29, 0.717) is 0 Å². The van der Waals surface area contributed by atoms with Gasteiger partial charge in [-0.15, -0.1) is 5.92 Å².